The van der Waals surface area contributed by atoms with E-state index in [0.717, 1.165) is 5.52 Å². The maximum absolute atomic E-state index is 12.2. The number of carbonyl (C=O) groups is 1. The Kier molecular flexibility index (Phi) is 5.52. The first-order valence-corrected chi connectivity index (χ1v) is 8.08. The summed E-state index contributed by atoms with van der Waals surface area (Å²) < 4.78 is 22.7. The number of halogens is 1. The number of hydrogen-bond acceptors (Lipinski definition) is 4. The number of rotatable bonds is 7. The molecule has 7 nitrogen and oxygen atoms in total. The molecule has 3 rings (SSSR count). The number of ether oxygens (including phenoxy) is 2. The maximum Gasteiger partial charge on any atom is 0.324 e. The maximum atomic E-state index is 12.2. The van der Waals surface area contributed by atoms with E-state index in [0.29, 0.717) is 41.4 Å². The highest BCUT2D eigenvalue weighted by atomic mass is 19.1. The fourth-order valence-electron chi connectivity index (χ4n) is 2.37. The van der Waals surface area contributed by atoms with E-state index < -0.39 is 12.7 Å². The molecule has 1 aromatic heterocycles. The zero-order valence-corrected chi connectivity index (χ0v) is 14.2. The molecular formula is C18H19FN4O3. The fraction of sp³-hybridized carbons (Fsp3) is 0.222. The Morgan fingerprint density at radius 3 is 2.65 bits per heavy atom. The monoisotopic (exact) mass is 358 g/mol. The molecule has 0 saturated carbocycles. The molecule has 0 spiro atoms. The molecule has 0 fully saturated rings. The van der Waals surface area contributed by atoms with Crippen molar-refractivity contribution in [2.75, 3.05) is 31.0 Å². The number of aromatic amines is 1. The number of anilines is 2. The number of alkyl halides is 1. The number of nitrogens with one attached hydrogen (secondary N) is 3. The van der Waals surface area contributed by atoms with Crippen LogP contribution in [0, 0.1) is 0 Å². The van der Waals surface area contributed by atoms with Crippen LogP contribution in [0.1, 0.15) is 6.42 Å². The van der Waals surface area contributed by atoms with Crippen LogP contribution in [0.15, 0.2) is 42.5 Å². The van der Waals surface area contributed by atoms with Crippen LogP contribution in [0.3, 0.4) is 0 Å². The molecule has 2 amide bonds. The first-order chi connectivity index (χ1) is 12.7. The second-order valence-electron chi connectivity index (χ2n) is 5.48. The number of nitrogens with zero attached hydrogens (tertiary/aromatic N) is 1. The third-order valence-corrected chi connectivity index (χ3v) is 3.66. The number of aromatic nitrogens is 2. The zero-order valence-electron chi connectivity index (χ0n) is 14.2. The number of amides is 2. The standard InChI is InChI=1S/C18H19FN4O3/c1-25-13-5-3-12(4-6-13)20-18(24)21-17-15-11-14(26-10-2-9-19)7-8-16(15)22-23-17/h3-8,11H,2,9-10H2,1H3,(H3,20,21,22,23,24). The number of benzene rings is 2. The van der Waals surface area contributed by atoms with Crippen molar-refractivity contribution in [1.82, 2.24) is 10.2 Å². The average molecular weight is 358 g/mol. The van der Waals surface area contributed by atoms with Crippen LogP contribution in [0.4, 0.5) is 20.7 Å². The molecule has 0 bridgehead atoms. The van der Waals surface area contributed by atoms with Gasteiger partial charge in [-0.05, 0) is 42.5 Å². The van der Waals surface area contributed by atoms with Crippen LogP contribution in [-0.4, -0.2) is 36.6 Å². The first kappa shape index (κ1) is 17.5. The van der Waals surface area contributed by atoms with Crippen molar-refractivity contribution in [2.24, 2.45) is 0 Å². The summed E-state index contributed by atoms with van der Waals surface area (Å²) in [6.07, 6.45) is 0.332. The smallest absolute Gasteiger partial charge is 0.324 e. The van der Waals surface area contributed by atoms with Gasteiger partial charge in [-0.1, -0.05) is 0 Å². The van der Waals surface area contributed by atoms with Crippen LogP contribution in [-0.2, 0) is 0 Å². The number of hydrogen-bond donors (Lipinski definition) is 3. The minimum Gasteiger partial charge on any atom is -0.497 e. The third kappa shape index (κ3) is 4.21. The lowest BCUT2D eigenvalue weighted by Crippen LogP contribution is -2.19. The Balaban J connectivity index is 1.68. The Labute approximate surface area is 149 Å². The SMILES string of the molecule is COc1ccc(NC(=O)Nc2n[nH]c3ccc(OCCCF)cc23)cc1. The molecule has 26 heavy (non-hydrogen) atoms. The topological polar surface area (TPSA) is 88.3 Å². The lowest BCUT2D eigenvalue weighted by molar-refractivity contribution is 0.262. The molecule has 2 aromatic carbocycles. The van der Waals surface area contributed by atoms with E-state index in [1.165, 1.54) is 0 Å². The molecule has 3 N–H and O–H groups in total. The molecular weight excluding hydrogens is 339 g/mol. The lowest BCUT2D eigenvalue weighted by Gasteiger charge is -2.07. The summed E-state index contributed by atoms with van der Waals surface area (Å²) in [6, 6.07) is 11.9. The van der Waals surface area contributed by atoms with Crippen molar-refractivity contribution in [2.45, 2.75) is 6.42 Å². The van der Waals surface area contributed by atoms with E-state index >= 15 is 0 Å². The Bertz CT molecular complexity index is 880. The summed E-state index contributed by atoms with van der Waals surface area (Å²) in [6.45, 7) is -0.132. The van der Waals surface area contributed by atoms with Gasteiger partial charge in [0.05, 0.1) is 25.9 Å². The van der Waals surface area contributed by atoms with Crippen LogP contribution in [0.25, 0.3) is 10.9 Å². The van der Waals surface area contributed by atoms with E-state index in [9.17, 15) is 9.18 Å². The molecule has 8 heteroatoms. The second-order valence-corrected chi connectivity index (χ2v) is 5.48. The summed E-state index contributed by atoms with van der Waals surface area (Å²) in [5, 5.41) is 13.1. The Morgan fingerprint density at radius 2 is 1.92 bits per heavy atom. The van der Waals surface area contributed by atoms with Crippen molar-refractivity contribution in [3.63, 3.8) is 0 Å². The summed E-state index contributed by atoms with van der Waals surface area (Å²) in [4.78, 5) is 12.2. The minimum absolute atomic E-state index is 0.292. The van der Waals surface area contributed by atoms with Gasteiger partial charge in [-0.3, -0.25) is 14.8 Å². The number of methoxy groups -OCH3 is 1. The van der Waals surface area contributed by atoms with Crippen LogP contribution in [0.2, 0.25) is 0 Å². The van der Waals surface area contributed by atoms with E-state index in [-0.39, 0.29) is 0 Å². The number of fused-ring (bicyclic) bond motifs is 1. The van der Waals surface area contributed by atoms with Crippen molar-refractivity contribution >= 4 is 28.4 Å². The third-order valence-electron chi connectivity index (χ3n) is 3.66. The predicted molar refractivity (Wildman–Crippen MR) is 97.8 cm³/mol. The van der Waals surface area contributed by atoms with Gasteiger partial charge in [0.25, 0.3) is 0 Å². The molecule has 0 radical (unpaired) electrons. The molecule has 136 valence electrons. The summed E-state index contributed by atoms with van der Waals surface area (Å²) in [5.74, 6) is 1.67. The Hall–Kier alpha value is -3.29. The van der Waals surface area contributed by atoms with E-state index in [1.54, 1.807) is 49.6 Å². The Morgan fingerprint density at radius 1 is 1.15 bits per heavy atom. The van der Waals surface area contributed by atoms with Crippen LogP contribution in [0.5, 0.6) is 11.5 Å². The summed E-state index contributed by atoms with van der Waals surface area (Å²) >= 11 is 0. The quantitative estimate of drug-likeness (QED) is 0.558. The van der Waals surface area contributed by atoms with Gasteiger partial charge in [-0.15, -0.1) is 0 Å². The van der Waals surface area contributed by atoms with E-state index in [1.807, 2.05) is 0 Å². The summed E-state index contributed by atoms with van der Waals surface area (Å²) in [7, 11) is 1.58. The summed E-state index contributed by atoms with van der Waals surface area (Å²) in [5.41, 5.74) is 1.38. The molecule has 0 saturated heterocycles. The van der Waals surface area contributed by atoms with Gasteiger partial charge >= 0.3 is 6.03 Å². The van der Waals surface area contributed by atoms with Crippen molar-refractivity contribution in [3.8, 4) is 11.5 Å². The van der Waals surface area contributed by atoms with Gasteiger partial charge in [0, 0.05) is 17.5 Å². The molecule has 0 aliphatic rings. The van der Waals surface area contributed by atoms with Gasteiger partial charge < -0.3 is 14.8 Å². The molecule has 0 atom stereocenters. The van der Waals surface area contributed by atoms with E-state index in [4.69, 9.17) is 9.47 Å². The largest absolute Gasteiger partial charge is 0.497 e. The lowest BCUT2D eigenvalue weighted by atomic mass is 10.2. The highest BCUT2D eigenvalue weighted by Crippen LogP contribution is 2.25. The van der Waals surface area contributed by atoms with Gasteiger partial charge in [-0.25, -0.2) is 4.79 Å². The van der Waals surface area contributed by atoms with Gasteiger partial charge in [0.2, 0.25) is 0 Å². The molecule has 0 aliphatic heterocycles. The highest BCUT2D eigenvalue weighted by Gasteiger charge is 2.11. The van der Waals surface area contributed by atoms with Gasteiger partial charge in [-0.2, -0.15) is 5.10 Å². The number of H-pyrrole nitrogens is 1. The molecule has 3 aromatic rings. The number of urea groups is 1. The fourth-order valence-corrected chi connectivity index (χ4v) is 2.37. The van der Waals surface area contributed by atoms with Crippen molar-refractivity contribution in [1.29, 1.82) is 0 Å². The van der Waals surface area contributed by atoms with E-state index in [2.05, 4.69) is 20.8 Å². The molecule has 0 unspecified atom stereocenters. The molecule has 0 aliphatic carbocycles. The number of carbonyl (C=O) groups excluding carboxylic acids is 1. The van der Waals surface area contributed by atoms with Crippen molar-refractivity contribution in [3.05, 3.63) is 42.5 Å². The highest BCUT2D eigenvalue weighted by molar-refractivity contribution is 6.04. The first-order valence-electron chi connectivity index (χ1n) is 8.08. The average Bonchev–Trinajstić information content (AvgIpc) is 3.05. The molecule has 1 heterocycles. The second kappa shape index (κ2) is 8.19. The van der Waals surface area contributed by atoms with Crippen LogP contribution >= 0.6 is 0 Å². The van der Waals surface area contributed by atoms with Gasteiger partial charge in [0.1, 0.15) is 11.5 Å². The van der Waals surface area contributed by atoms with Crippen molar-refractivity contribution < 1.29 is 18.7 Å². The predicted octanol–water partition coefficient (Wildman–Crippen LogP) is 3.95. The van der Waals surface area contributed by atoms with Crippen LogP contribution < -0.4 is 20.1 Å². The normalized spacial score (nSPS) is 10.5. The zero-order chi connectivity index (χ0) is 18.4. The van der Waals surface area contributed by atoms with Gasteiger partial charge in [0.15, 0.2) is 5.82 Å². The minimum atomic E-state index is -0.424.